The number of rotatable bonds is 7. The average Bonchev–Trinajstić information content (AvgIpc) is 3.56. The van der Waals surface area contributed by atoms with Crippen molar-refractivity contribution in [1.82, 2.24) is 29.3 Å². The molecule has 0 atom stereocenters. The van der Waals surface area contributed by atoms with E-state index in [1.54, 1.807) is 32.8 Å². The zero-order valence-corrected chi connectivity index (χ0v) is 34.4. The minimum atomic E-state index is -0.518. The highest BCUT2D eigenvalue weighted by Crippen LogP contribution is 2.33. The summed E-state index contributed by atoms with van der Waals surface area (Å²) < 4.78 is 18.5. The van der Waals surface area contributed by atoms with Gasteiger partial charge in [-0.15, -0.1) is 0 Å². The van der Waals surface area contributed by atoms with Gasteiger partial charge in [-0.05, 0) is 116 Å². The lowest BCUT2D eigenvalue weighted by atomic mass is 9.92. The van der Waals surface area contributed by atoms with Crippen molar-refractivity contribution < 1.29 is 28.6 Å². The Morgan fingerprint density at radius 3 is 1.86 bits per heavy atom. The van der Waals surface area contributed by atoms with Crippen LogP contribution in [0, 0.1) is 17.2 Å². The highest BCUT2D eigenvalue weighted by Gasteiger charge is 2.31. The standard InChI is InChI=1S/C29H29N5O3.C15H26N2O3/c1-29(2,3)37-28(35)33-17-14-20(15-18-33)25-13-16-31-27-24(19-30)26(32-34(25)27)21-9-11-23(12-10-21)36-22-7-5-4-6-8-22;1-15(2,3)20-14(19)17-10-6-12(7-11-17)13(18)8-9-16(4)5/h4-13,16,20H,14-15,17-18H2,1-3H3;8-9,12H,6-7,10-11H2,1-5H3/b;9-8+. The number of fused-ring (bicyclic) bond motifs is 1. The quantitative estimate of drug-likeness (QED) is 0.168. The number of hydrogen-bond acceptors (Lipinski definition) is 10. The van der Waals surface area contributed by atoms with Crippen LogP contribution in [-0.4, -0.2) is 98.7 Å². The number of hydrogen-bond donors (Lipinski definition) is 0. The van der Waals surface area contributed by atoms with Gasteiger partial charge >= 0.3 is 12.2 Å². The van der Waals surface area contributed by atoms with Gasteiger partial charge in [0.15, 0.2) is 11.4 Å². The van der Waals surface area contributed by atoms with E-state index in [1.165, 1.54) is 0 Å². The lowest BCUT2D eigenvalue weighted by Crippen LogP contribution is -2.42. The van der Waals surface area contributed by atoms with E-state index < -0.39 is 11.2 Å². The van der Waals surface area contributed by atoms with Crippen LogP contribution in [0.4, 0.5) is 9.59 Å². The first-order chi connectivity index (χ1) is 27.0. The molecule has 13 heteroatoms. The first-order valence-corrected chi connectivity index (χ1v) is 19.5. The third-order valence-electron chi connectivity index (χ3n) is 9.42. The fraction of sp³-hybridized carbons (Fsp3) is 0.455. The molecule has 4 aromatic rings. The van der Waals surface area contributed by atoms with Gasteiger partial charge in [0.2, 0.25) is 0 Å². The summed E-state index contributed by atoms with van der Waals surface area (Å²) >= 11 is 0. The molecule has 13 nitrogen and oxygen atoms in total. The third kappa shape index (κ3) is 11.8. The van der Waals surface area contributed by atoms with Crippen LogP contribution in [0.1, 0.15) is 84.4 Å². The molecular formula is C44H55N7O6. The Kier molecular flexibility index (Phi) is 13.6. The Morgan fingerprint density at radius 1 is 0.789 bits per heavy atom. The van der Waals surface area contributed by atoms with Gasteiger partial charge in [0, 0.05) is 75.8 Å². The van der Waals surface area contributed by atoms with Crippen LogP contribution in [0.25, 0.3) is 16.9 Å². The van der Waals surface area contributed by atoms with Crippen molar-refractivity contribution in [2.24, 2.45) is 5.92 Å². The van der Waals surface area contributed by atoms with E-state index in [0.29, 0.717) is 61.7 Å². The molecular weight excluding hydrogens is 723 g/mol. The molecule has 4 heterocycles. The number of ether oxygens (including phenoxy) is 3. The maximum Gasteiger partial charge on any atom is 0.410 e. The van der Waals surface area contributed by atoms with Crippen LogP contribution < -0.4 is 4.74 Å². The van der Waals surface area contributed by atoms with Gasteiger partial charge in [0.1, 0.15) is 40.0 Å². The molecule has 2 saturated heterocycles. The molecule has 302 valence electrons. The molecule has 2 amide bonds. The molecule has 0 spiro atoms. The summed E-state index contributed by atoms with van der Waals surface area (Å²) in [5, 5.41) is 14.8. The smallest absolute Gasteiger partial charge is 0.410 e. The monoisotopic (exact) mass is 777 g/mol. The number of benzene rings is 2. The topological polar surface area (TPSA) is 143 Å². The molecule has 2 aliphatic heterocycles. The number of aromatic nitrogens is 3. The number of ketones is 1. The van der Waals surface area contributed by atoms with E-state index in [0.717, 1.165) is 29.8 Å². The van der Waals surface area contributed by atoms with Crippen LogP contribution in [0.3, 0.4) is 0 Å². The summed E-state index contributed by atoms with van der Waals surface area (Å²) in [5.41, 5.74) is 2.36. The van der Waals surface area contributed by atoms with Crippen molar-refractivity contribution in [2.75, 3.05) is 40.3 Å². The number of nitrogens with zero attached hydrogens (tertiary/aromatic N) is 7. The molecule has 0 aliphatic carbocycles. The first-order valence-electron chi connectivity index (χ1n) is 19.5. The predicted octanol–water partition coefficient (Wildman–Crippen LogP) is 8.45. The second-order valence-corrected chi connectivity index (χ2v) is 16.5. The Morgan fingerprint density at radius 2 is 1.33 bits per heavy atom. The normalized spacial score (nSPS) is 15.4. The summed E-state index contributed by atoms with van der Waals surface area (Å²) in [7, 11) is 3.77. The molecule has 0 saturated carbocycles. The maximum absolute atomic E-state index is 12.5. The molecule has 0 unspecified atom stereocenters. The molecule has 0 radical (unpaired) electrons. The SMILES string of the molecule is CC(C)(C)OC(=O)N1CCC(c2ccnc3c(C#N)c(-c4ccc(Oc5ccccc5)cc4)nn23)CC1.CN(C)/C=C/C(=O)C1CCN(C(=O)OC(C)(C)C)CC1. The summed E-state index contributed by atoms with van der Waals surface area (Å²) in [6, 6.07) is 21.4. The summed E-state index contributed by atoms with van der Waals surface area (Å²) in [5.74, 6) is 1.80. The lowest BCUT2D eigenvalue weighted by Gasteiger charge is -2.33. The van der Waals surface area contributed by atoms with Crippen LogP contribution in [0.2, 0.25) is 0 Å². The van der Waals surface area contributed by atoms with E-state index in [2.05, 4.69) is 11.1 Å². The number of allylic oxidation sites excluding steroid dienone is 1. The lowest BCUT2D eigenvalue weighted by molar-refractivity contribution is -0.119. The van der Waals surface area contributed by atoms with Gasteiger partial charge in [-0.25, -0.2) is 19.1 Å². The van der Waals surface area contributed by atoms with Crippen molar-refractivity contribution in [3.05, 3.63) is 90.4 Å². The maximum atomic E-state index is 12.5. The third-order valence-corrected chi connectivity index (χ3v) is 9.42. The Labute approximate surface area is 335 Å². The molecule has 2 aromatic carbocycles. The molecule has 2 aliphatic rings. The number of piperidine rings is 2. The summed E-state index contributed by atoms with van der Waals surface area (Å²) in [4.78, 5) is 46.1. The van der Waals surface area contributed by atoms with Crippen LogP contribution in [-0.2, 0) is 14.3 Å². The fourth-order valence-corrected chi connectivity index (χ4v) is 6.60. The minimum absolute atomic E-state index is 0.0184. The molecule has 0 N–H and O–H groups in total. The van der Waals surface area contributed by atoms with Gasteiger partial charge in [0.25, 0.3) is 0 Å². The highest BCUT2D eigenvalue weighted by molar-refractivity contribution is 5.91. The highest BCUT2D eigenvalue weighted by atomic mass is 16.6. The van der Waals surface area contributed by atoms with Gasteiger partial charge < -0.3 is 28.9 Å². The van der Waals surface area contributed by atoms with Gasteiger partial charge in [-0.1, -0.05) is 18.2 Å². The number of likely N-dealkylation sites (tertiary alicyclic amines) is 2. The van der Waals surface area contributed by atoms with Crippen LogP contribution in [0.15, 0.2) is 79.1 Å². The van der Waals surface area contributed by atoms with E-state index >= 15 is 0 Å². The summed E-state index contributed by atoms with van der Waals surface area (Å²) in [6.07, 6.45) is 7.52. The van der Waals surface area contributed by atoms with Gasteiger partial charge in [0.05, 0.1) is 0 Å². The zero-order chi connectivity index (χ0) is 41.3. The van der Waals surface area contributed by atoms with Crippen molar-refractivity contribution >= 4 is 23.6 Å². The van der Waals surface area contributed by atoms with Gasteiger partial charge in [-0.3, -0.25) is 4.79 Å². The summed E-state index contributed by atoms with van der Waals surface area (Å²) in [6.45, 7) is 13.6. The zero-order valence-electron chi connectivity index (χ0n) is 34.4. The minimum Gasteiger partial charge on any atom is -0.457 e. The molecule has 2 aromatic heterocycles. The van der Waals surface area contributed by atoms with Gasteiger partial charge in [-0.2, -0.15) is 10.4 Å². The van der Waals surface area contributed by atoms with E-state index in [4.69, 9.17) is 19.3 Å². The first kappa shape index (κ1) is 42.2. The molecule has 0 bridgehead atoms. The average molecular weight is 778 g/mol. The number of para-hydroxylation sites is 1. The number of amides is 2. The van der Waals surface area contributed by atoms with Crippen molar-refractivity contribution in [2.45, 2.75) is 84.3 Å². The number of nitriles is 1. The predicted molar refractivity (Wildman–Crippen MR) is 218 cm³/mol. The second-order valence-electron chi connectivity index (χ2n) is 16.5. The van der Waals surface area contributed by atoms with Crippen LogP contribution >= 0.6 is 0 Å². The Bertz CT molecular complexity index is 2060. The molecule has 2 fully saturated rings. The van der Waals surface area contributed by atoms with E-state index in [1.807, 2.05) is 121 Å². The van der Waals surface area contributed by atoms with Crippen molar-refractivity contribution in [3.8, 4) is 28.8 Å². The fourth-order valence-electron chi connectivity index (χ4n) is 6.60. The van der Waals surface area contributed by atoms with E-state index in [9.17, 15) is 19.6 Å². The molecule has 6 rings (SSSR count). The largest absolute Gasteiger partial charge is 0.457 e. The second kappa shape index (κ2) is 18.4. The molecule has 57 heavy (non-hydrogen) atoms. The Balaban J connectivity index is 0.000000263. The van der Waals surface area contributed by atoms with E-state index in [-0.39, 0.29) is 29.8 Å². The van der Waals surface area contributed by atoms with Crippen molar-refractivity contribution in [3.63, 3.8) is 0 Å². The van der Waals surface area contributed by atoms with Crippen LogP contribution in [0.5, 0.6) is 11.5 Å². The number of carbonyl (C=O) groups excluding carboxylic acids is 3. The van der Waals surface area contributed by atoms with Crippen molar-refractivity contribution in [1.29, 1.82) is 5.26 Å². The Hall–Kier alpha value is -5.90. The number of carbonyl (C=O) groups is 3.